The normalized spacial score (nSPS) is 21.6. The van der Waals surface area contributed by atoms with Crippen molar-refractivity contribution in [3.05, 3.63) is 186 Å². The van der Waals surface area contributed by atoms with Crippen LogP contribution in [0.2, 0.25) is 0 Å². The first kappa shape index (κ1) is 35.5. The molecule has 7 nitrogen and oxygen atoms in total. The highest BCUT2D eigenvalue weighted by molar-refractivity contribution is 5.85. The molecule has 1 aliphatic heterocycles. The van der Waals surface area contributed by atoms with Crippen molar-refractivity contribution >= 4 is 16.5 Å². The summed E-state index contributed by atoms with van der Waals surface area (Å²) in [4.78, 5) is 0. The van der Waals surface area contributed by atoms with Gasteiger partial charge in [-0.05, 0) is 45.2 Å². The molecule has 1 fully saturated rings. The summed E-state index contributed by atoms with van der Waals surface area (Å²) < 4.78 is 33.2. The summed E-state index contributed by atoms with van der Waals surface area (Å²) in [5, 5.41) is 18.4. The van der Waals surface area contributed by atoms with Gasteiger partial charge in [-0.2, -0.15) is 0 Å². The largest absolute Gasteiger partial charge is 0.380 e. The van der Waals surface area contributed by atoms with E-state index in [2.05, 4.69) is 29.6 Å². The number of aliphatic hydroxyl groups is 1. The molecule has 52 heavy (non-hydrogen) atoms. The lowest BCUT2D eigenvalue weighted by Crippen LogP contribution is -2.69. The summed E-state index contributed by atoms with van der Waals surface area (Å²) in [6.45, 7) is 1.39. The summed E-state index contributed by atoms with van der Waals surface area (Å²) in [5.41, 5.74) is 4.85. The van der Waals surface area contributed by atoms with Crippen LogP contribution in [-0.2, 0) is 50.1 Å². The predicted octanol–water partition coefficient (Wildman–Crippen LogP) is 8.31. The van der Waals surface area contributed by atoms with E-state index in [1.807, 2.05) is 140 Å². The molecule has 0 bridgehead atoms. The molecule has 0 aromatic heterocycles. The van der Waals surface area contributed by atoms with E-state index in [4.69, 9.17) is 23.7 Å². The van der Waals surface area contributed by atoms with Gasteiger partial charge in [0.15, 0.2) is 0 Å². The van der Waals surface area contributed by atoms with E-state index in [0.717, 1.165) is 38.7 Å². The number of hydrogen-bond acceptors (Lipinski definition) is 7. The second-order valence-corrected chi connectivity index (χ2v) is 13.2. The molecular formula is C45H45NO6. The Balaban J connectivity index is 1.22. The van der Waals surface area contributed by atoms with Crippen LogP contribution >= 0.6 is 0 Å². The monoisotopic (exact) mass is 695 g/mol. The van der Waals surface area contributed by atoms with Crippen LogP contribution in [0, 0.1) is 0 Å². The van der Waals surface area contributed by atoms with Crippen molar-refractivity contribution in [1.29, 1.82) is 0 Å². The highest BCUT2D eigenvalue weighted by Gasteiger charge is 2.56. The molecule has 6 aromatic carbocycles. The van der Waals surface area contributed by atoms with Gasteiger partial charge in [-0.25, -0.2) is 0 Å². The van der Waals surface area contributed by atoms with Gasteiger partial charge >= 0.3 is 0 Å². The minimum atomic E-state index is -1.84. The fourth-order valence-corrected chi connectivity index (χ4v) is 6.61. The van der Waals surface area contributed by atoms with Crippen LogP contribution in [0.25, 0.3) is 10.8 Å². The molecule has 2 N–H and O–H groups in total. The zero-order chi connectivity index (χ0) is 35.4. The Bertz CT molecular complexity index is 1950. The highest BCUT2D eigenvalue weighted by Crippen LogP contribution is 2.36. The van der Waals surface area contributed by atoms with E-state index in [0.29, 0.717) is 13.2 Å². The maximum atomic E-state index is 12.7. The van der Waals surface area contributed by atoms with E-state index in [1.54, 1.807) is 0 Å². The Labute approximate surface area is 305 Å². The Morgan fingerprint density at radius 2 is 1.00 bits per heavy atom. The molecule has 0 aliphatic carbocycles. The number of benzene rings is 6. The molecule has 0 radical (unpaired) electrons. The molecule has 7 heteroatoms. The molecule has 5 atom stereocenters. The fourth-order valence-electron chi connectivity index (χ4n) is 6.61. The lowest BCUT2D eigenvalue weighted by molar-refractivity contribution is -0.365. The first-order valence-corrected chi connectivity index (χ1v) is 17.8. The van der Waals surface area contributed by atoms with Crippen molar-refractivity contribution in [3.63, 3.8) is 0 Å². The van der Waals surface area contributed by atoms with Gasteiger partial charge in [0.2, 0.25) is 5.79 Å². The van der Waals surface area contributed by atoms with Gasteiger partial charge in [0, 0.05) is 5.69 Å². The minimum Gasteiger partial charge on any atom is -0.380 e. The molecule has 7 rings (SSSR count). The minimum absolute atomic E-state index is 0.0244. The highest BCUT2D eigenvalue weighted by atomic mass is 16.7. The van der Waals surface area contributed by atoms with Crippen LogP contribution in [0.1, 0.15) is 22.3 Å². The third kappa shape index (κ3) is 9.32. The third-order valence-electron chi connectivity index (χ3n) is 9.32. The van der Waals surface area contributed by atoms with Gasteiger partial charge in [-0.3, -0.25) is 0 Å². The van der Waals surface area contributed by atoms with Crippen LogP contribution < -0.4 is 5.32 Å². The van der Waals surface area contributed by atoms with Crippen LogP contribution in [-0.4, -0.2) is 48.5 Å². The lowest BCUT2D eigenvalue weighted by Gasteiger charge is -2.50. The average molecular weight is 696 g/mol. The Hall–Kier alpha value is -4.86. The van der Waals surface area contributed by atoms with E-state index in [9.17, 15) is 5.11 Å². The van der Waals surface area contributed by atoms with E-state index in [-0.39, 0.29) is 26.4 Å². The first-order valence-electron chi connectivity index (χ1n) is 17.8. The number of anilines is 1. The van der Waals surface area contributed by atoms with E-state index >= 15 is 0 Å². The summed E-state index contributed by atoms with van der Waals surface area (Å²) in [6, 6.07) is 54.2. The molecular weight excluding hydrogens is 650 g/mol. The van der Waals surface area contributed by atoms with Crippen molar-refractivity contribution in [2.24, 2.45) is 0 Å². The maximum Gasteiger partial charge on any atom is 0.213 e. The second-order valence-electron chi connectivity index (χ2n) is 13.2. The van der Waals surface area contributed by atoms with Crippen molar-refractivity contribution in [2.75, 3.05) is 18.5 Å². The van der Waals surface area contributed by atoms with Crippen LogP contribution in [0.5, 0.6) is 0 Å². The van der Waals surface area contributed by atoms with Gasteiger partial charge in [-0.1, -0.05) is 152 Å². The van der Waals surface area contributed by atoms with Gasteiger partial charge < -0.3 is 34.1 Å². The fraction of sp³-hybridized carbons (Fsp3) is 0.244. The van der Waals surface area contributed by atoms with E-state index < -0.39 is 30.2 Å². The number of hydrogen-bond donors (Lipinski definition) is 2. The van der Waals surface area contributed by atoms with Crippen molar-refractivity contribution in [3.8, 4) is 0 Å². The smallest absolute Gasteiger partial charge is 0.213 e. The molecule has 0 unspecified atom stereocenters. The lowest BCUT2D eigenvalue weighted by atomic mass is 9.91. The second kappa shape index (κ2) is 17.6. The SMILES string of the molecule is O[C@@]1(CNc2ccc3ccccc3c2)O[C@H](COCc2ccccc2)[C@@H](OCc2ccccc2)[C@H](OCc2ccccc2)[C@H]1OCc1ccccc1. The molecule has 1 saturated heterocycles. The van der Waals surface area contributed by atoms with Gasteiger partial charge in [0.05, 0.1) is 39.6 Å². The molecule has 0 spiro atoms. The summed E-state index contributed by atoms with van der Waals surface area (Å²) in [6.07, 6.45) is -3.04. The van der Waals surface area contributed by atoms with Gasteiger partial charge in [-0.15, -0.1) is 0 Å². The van der Waals surface area contributed by atoms with Crippen LogP contribution in [0.3, 0.4) is 0 Å². The van der Waals surface area contributed by atoms with E-state index in [1.165, 1.54) is 0 Å². The zero-order valence-electron chi connectivity index (χ0n) is 29.1. The van der Waals surface area contributed by atoms with Crippen molar-refractivity contribution < 1.29 is 28.8 Å². The number of nitrogens with one attached hydrogen (secondary N) is 1. The number of rotatable bonds is 16. The van der Waals surface area contributed by atoms with Gasteiger partial charge in [0.25, 0.3) is 0 Å². The molecule has 266 valence electrons. The molecule has 6 aromatic rings. The Morgan fingerprint density at radius 3 is 1.58 bits per heavy atom. The number of ether oxygens (including phenoxy) is 5. The Morgan fingerprint density at radius 1 is 0.519 bits per heavy atom. The third-order valence-corrected chi connectivity index (χ3v) is 9.32. The topological polar surface area (TPSA) is 78.4 Å². The quantitative estimate of drug-likeness (QED) is 0.106. The molecule has 0 amide bonds. The first-order chi connectivity index (χ1) is 25.6. The molecule has 1 aliphatic rings. The Kier molecular flexibility index (Phi) is 12.0. The predicted molar refractivity (Wildman–Crippen MR) is 203 cm³/mol. The molecule has 1 heterocycles. The summed E-state index contributed by atoms with van der Waals surface area (Å²) in [7, 11) is 0. The summed E-state index contributed by atoms with van der Waals surface area (Å²) >= 11 is 0. The number of fused-ring (bicyclic) bond motifs is 1. The van der Waals surface area contributed by atoms with Crippen LogP contribution in [0.15, 0.2) is 164 Å². The standard InChI is InChI=1S/C45H45NO6/c47-45(33-46-40-26-25-38-23-13-14-24-39(38)27-40)44(51-31-37-21-11-4-12-22-37)43(50-30-36-19-9-3-10-20-36)42(49-29-35-17-7-2-8-18-35)41(52-45)32-48-28-34-15-5-1-6-16-34/h1-27,41-44,46-47H,28-33H2/t41-,42-,43+,44-,45+/m1/s1. The average Bonchev–Trinajstić information content (AvgIpc) is 3.20. The summed E-state index contributed by atoms with van der Waals surface area (Å²) in [5.74, 6) is -1.84. The van der Waals surface area contributed by atoms with Gasteiger partial charge in [0.1, 0.15) is 24.4 Å². The van der Waals surface area contributed by atoms with Crippen LogP contribution in [0.4, 0.5) is 5.69 Å². The zero-order valence-corrected chi connectivity index (χ0v) is 29.1. The van der Waals surface area contributed by atoms with Crippen molar-refractivity contribution in [2.45, 2.75) is 56.6 Å². The molecule has 0 saturated carbocycles. The van der Waals surface area contributed by atoms with Crippen molar-refractivity contribution in [1.82, 2.24) is 0 Å². The maximum absolute atomic E-state index is 12.7.